The van der Waals surface area contributed by atoms with Gasteiger partial charge in [-0.3, -0.25) is 30.4 Å². The van der Waals surface area contributed by atoms with E-state index < -0.39 is 0 Å². The van der Waals surface area contributed by atoms with Crippen LogP contribution < -0.4 is 31.9 Å². The summed E-state index contributed by atoms with van der Waals surface area (Å²) in [4.78, 5) is 26.7. The van der Waals surface area contributed by atoms with Crippen LogP contribution in [-0.4, -0.2) is 81.5 Å². The van der Waals surface area contributed by atoms with Gasteiger partial charge in [-0.15, -0.1) is 0 Å². The largest absolute Gasteiger partial charge is 0.359 e. The summed E-state index contributed by atoms with van der Waals surface area (Å²) in [7, 11) is 3.39. The van der Waals surface area contributed by atoms with Gasteiger partial charge in [0.25, 0.3) is 0 Å². The molecule has 3 heterocycles. The second-order valence-corrected chi connectivity index (χ2v) is 9.06. The number of hydrogen-bond acceptors (Lipinski definition) is 7. The van der Waals surface area contributed by atoms with E-state index in [1.807, 2.05) is 0 Å². The number of carbonyl (C=O) groups excluding carboxylic acids is 2. The second kappa shape index (κ2) is 9.26. The Balaban J connectivity index is 1.34. The van der Waals surface area contributed by atoms with Gasteiger partial charge in [0, 0.05) is 52.4 Å². The summed E-state index contributed by atoms with van der Waals surface area (Å²) >= 11 is 0. The summed E-state index contributed by atoms with van der Waals surface area (Å²) in [5, 5.41) is 20.1. The zero-order valence-electron chi connectivity index (χ0n) is 17.7. The maximum atomic E-state index is 12.5. The van der Waals surface area contributed by atoms with E-state index in [2.05, 4.69) is 36.8 Å². The van der Waals surface area contributed by atoms with Crippen molar-refractivity contribution in [1.29, 1.82) is 0 Å². The van der Waals surface area contributed by atoms with Crippen LogP contribution in [0.1, 0.15) is 32.1 Å². The Morgan fingerprint density at radius 3 is 2.38 bits per heavy atom. The van der Waals surface area contributed by atoms with Gasteiger partial charge in [-0.05, 0) is 38.0 Å². The van der Waals surface area contributed by atoms with Crippen LogP contribution in [0.3, 0.4) is 0 Å². The van der Waals surface area contributed by atoms with Crippen LogP contribution >= 0.6 is 0 Å². The molecule has 2 amide bonds. The molecule has 4 fully saturated rings. The Kier molecular flexibility index (Phi) is 6.70. The van der Waals surface area contributed by atoms with E-state index in [9.17, 15) is 9.59 Å². The molecular weight excluding hydrogens is 370 g/mol. The molecule has 5 unspecified atom stereocenters. The number of hydrogen-bond donors (Lipinski definition) is 6. The number of amides is 2. The molecule has 164 valence electrons. The Morgan fingerprint density at radius 1 is 0.931 bits per heavy atom. The molecule has 4 rings (SSSR count). The van der Waals surface area contributed by atoms with Gasteiger partial charge in [-0.1, -0.05) is 0 Å². The van der Waals surface area contributed by atoms with Gasteiger partial charge >= 0.3 is 0 Å². The summed E-state index contributed by atoms with van der Waals surface area (Å²) < 4.78 is 0. The number of nitrogens with one attached hydrogen (secondary N) is 6. The summed E-state index contributed by atoms with van der Waals surface area (Å²) in [6, 6.07) is 1.05. The minimum absolute atomic E-state index is 0.0289. The number of likely N-dealkylation sites (tertiary alicyclic amines) is 1. The van der Waals surface area contributed by atoms with Crippen molar-refractivity contribution < 1.29 is 9.59 Å². The van der Waals surface area contributed by atoms with E-state index in [1.54, 1.807) is 14.1 Å². The molecule has 1 aliphatic carbocycles. The fraction of sp³-hybridized carbons (Fsp3) is 0.900. The molecule has 6 N–H and O–H groups in total. The molecular formula is C20H37N7O2. The van der Waals surface area contributed by atoms with E-state index in [1.165, 1.54) is 19.3 Å². The van der Waals surface area contributed by atoms with Crippen molar-refractivity contribution in [2.45, 2.75) is 56.6 Å². The van der Waals surface area contributed by atoms with Crippen LogP contribution in [-0.2, 0) is 9.59 Å². The lowest BCUT2D eigenvalue weighted by molar-refractivity contribution is -0.127. The summed E-state index contributed by atoms with van der Waals surface area (Å²) in [6.07, 6.45) is 5.85. The molecule has 0 radical (unpaired) electrons. The first-order valence-corrected chi connectivity index (χ1v) is 11.2. The first kappa shape index (κ1) is 21.0. The lowest BCUT2D eigenvalue weighted by atomic mass is 9.95. The van der Waals surface area contributed by atoms with Crippen molar-refractivity contribution in [3.63, 3.8) is 0 Å². The third-order valence-electron chi connectivity index (χ3n) is 7.11. The zero-order valence-corrected chi connectivity index (χ0v) is 17.7. The van der Waals surface area contributed by atoms with Crippen LogP contribution in [0.5, 0.6) is 0 Å². The van der Waals surface area contributed by atoms with Crippen LogP contribution in [0, 0.1) is 17.8 Å². The van der Waals surface area contributed by atoms with Gasteiger partial charge in [0.05, 0.1) is 18.0 Å². The van der Waals surface area contributed by atoms with Gasteiger partial charge in [-0.2, -0.15) is 0 Å². The molecule has 0 spiro atoms. The van der Waals surface area contributed by atoms with Crippen molar-refractivity contribution >= 4 is 11.8 Å². The molecule has 0 aromatic rings. The molecule has 0 bridgehead atoms. The highest BCUT2D eigenvalue weighted by molar-refractivity contribution is 5.79. The second-order valence-electron chi connectivity index (χ2n) is 9.06. The lowest BCUT2D eigenvalue weighted by Gasteiger charge is -2.43. The van der Waals surface area contributed by atoms with Crippen molar-refractivity contribution in [1.82, 2.24) is 36.8 Å². The average Bonchev–Trinajstić information content (AvgIpc) is 3.49. The molecule has 0 aromatic carbocycles. The topological polar surface area (TPSA) is 110 Å². The fourth-order valence-electron chi connectivity index (χ4n) is 5.15. The number of rotatable bonds is 6. The van der Waals surface area contributed by atoms with Crippen LogP contribution in [0.4, 0.5) is 0 Å². The minimum Gasteiger partial charge on any atom is -0.359 e. The maximum Gasteiger partial charge on any atom is 0.227 e. The highest BCUT2D eigenvalue weighted by atomic mass is 16.2. The van der Waals surface area contributed by atoms with E-state index in [-0.39, 0.29) is 36.1 Å². The number of piperidine rings is 1. The monoisotopic (exact) mass is 407 g/mol. The molecule has 1 saturated carbocycles. The van der Waals surface area contributed by atoms with E-state index in [0.717, 1.165) is 38.4 Å². The highest BCUT2D eigenvalue weighted by Crippen LogP contribution is 2.35. The Labute approximate surface area is 173 Å². The Hall–Kier alpha value is -1.26. The molecule has 3 saturated heterocycles. The zero-order chi connectivity index (χ0) is 20.4. The van der Waals surface area contributed by atoms with E-state index >= 15 is 0 Å². The standard InChI is InChI=1S/C20H37N7O2/c1-21-18(28)13-7-8-27(11-13)20-24-10-15(19(29)22-2)17(26-20)25-14-5-6-16(23-9-14)12-3-4-12/h12-17,20,23-26H,3-11H2,1-2H3,(H,21,28)(H,22,29)/t13-,14?,15?,16?,17?,20?/m0/s1. The normalized spacial score (nSPS) is 38.6. The van der Waals surface area contributed by atoms with E-state index in [0.29, 0.717) is 18.6 Å². The minimum atomic E-state index is -0.172. The summed E-state index contributed by atoms with van der Waals surface area (Å²) in [5.41, 5.74) is 0. The predicted molar refractivity (Wildman–Crippen MR) is 111 cm³/mol. The van der Waals surface area contributed by atoms with Crippen LogP contribution in [0.15, 0.2) is 0 Å². The molecule has 9 heteroatoms. The number of carbonyl (C=O) groups is 2. The number of nitrogens with zero attached hydrogens (tertiary/aromatic N) is 1. The molecule has 0 aromatic heterocycles. The summed E-state index contributed by atoms with van der Waals surface area (Å²) in [5.74, 6) is 0.910. The quantitative estimate of drug-likeness (QED) is 0.313. The third-order valence-corrected chi connectivity index (χ3v) is 7.11. The van der Waals surface area contributed by atoms with Gasteiger partial charge in [0.15, 0.2) is 0 Å². The van der Waals surface area contributed by atoms with Gasteiger partial charge in [0.1, 0.15) is 6.29 Å². The Morgan fingerprint density at radius 2 is 1.72 bits per heavy atom. The molecule has 3 aliphatic heterocycles. The first-order valence-electron chi connectivity index (χ1n) is 11.2. The van der Waals surface area contributed by atoms with Crippen molar-refractivity contribution in [3.05, 3.63) is 0 Å². The SMILES string of the molecule is CNC(=O)C1CNC(N2CC[C@H](C(=O)NC)C2)NC1NC1CCC(C2CC2)NC1. The maximum absolute atomic E-state index is 12.5. The average molecular weight is 408 g/mol. The van der Waals surface area contributed by atoms with Crippen LogP contribution in [0.2, 0.25) is 0 Å². The van der Waals surface area contributed by atoms with Crippen molar-refractivity contribution in [3.8, 4) is 0 Å². The van der Waals surface area contributed by atoms with Crippen molar-refractivity contribution in [2.75, 3.05) is 40.3 Å². The smallest absolute Gasteiger partial charge is 0.227 e. The van der Waals surface area contributed by atoms with Crippen LogP contribution in [0.25, 0.3) is 0 Å². The van der Waals surface area contributed by atoms with Gasteiger partial charge < -0.3 is 16.0 Å². The summed E-state index contributed by atoms with van der Waals surface area (Å²) in [6.45, 7) is 3.17. The highest BCUT2D eigenvalue weighted by Gasteiger charge is 2.41. The molecule has 29 heavy (non-hydrogen) atoms. The molecule has 9 nitrogen and oxygen atoms in total. The third kappa shape index (κ3) is 4.91. The Bertz CT molecular complexity index is 591. The van der Waals surface area contributed by atoms with Gasteiger partial charge in [-0.25, -0.2) is 0 Å². The van der Waals surface area contributed by atoms with Gasteiger partial charge in [0.2, 0.25) is 11.8 Å². The lowest BCUT2D eigenvalue weighted by Crippen LogP contribution is -2.71. The van der Waals surface area contributed by atoms with E-state index in [4.69, 9.17) is 0 Å². The fourth-order valence-corrected chi connectivity index (χ4v) is 5.15. The molecule has 6 atom stereocenters. The van der Waals surface area contributed by atoms with Crippen molar-refractivity contribution in [2.24, 2.45) is 17.8 Å². The molecule has 4 aliphatic rings. The predicted octanol–water partition coefficient (Wildman–Crippen LogP) is -1.66. The first-order chi connectivity index (χ1) is 14.1.